The molecule has 0 saturated carbocycles. The van der Waals surface area contributed by atoms with E-state index in [0.717, 1.165) is 30.8 Å². The molecule has 27 heavy (non-hydrogen) atoms. The Morgan fingerprint density at radius 3 is 2.44 bits per heavy atom. The molecule has 0 aliphatic heterocycles. The molecule has 1 heterocycles. The summed E-state index contributed by atoms with van der Waals surface area (Å²) in [6.45, 7) is 8.37. The summed E-state index contributed by atoms with van der Waals surface area (Å²) < 4.78 is 1.63. The number of anilines is 1. The fourth-order valence-corrected chi connectivity index (χ4v) is 2.75. The van der Waals surface area contributed by atoms with Crippen molar-refractivity contribution in [1.82, 2.24) is 14.7 Å². The van der Waals surface area contributed by atoms with Crippen molar-refractivity contribution in [3.05, 3.63) is 41.1 Å². The Morgan fingerprint density at radius 1 is 1.26 bits per heavy atom. The Labute approximate surface area is 178 Å². The number of halogens is 1. The lowest BCUT2D eigenvalue weighted by atomic mass is 10.1. The van der Waals surface area contributed by atoms with E-state index in [4.69, 9.17) is 11.5 Å². The topological polar surface area (TPSA) is 109 Å². The van der Waals surface area contributed by atoms with Crippen molar-refractivity contribution in [3.63, 3.8) is 0 Å². The van der Waals surface area contributed by atoms with Crippen LogP contribution in [0.1, 0.15) is 37.1 Å². The molecule has 0 fully saturated rings. The summed E-state index contributed by atoms with van der Waals surface area (Å²) in [6.07, 6.45) is 1.38. The van der Waals surface area contributed by atoms with Gasteiger partial charge >= 0.3 is 0 Å². The largest absolute Gasteiger partial charge is 0.382 e. The molecule has 0 amide bonds. The molecule has 7 nitrogen and oxygen atoms in total. The lowest BCUT2D eigenvalue weighted by molar-refractivity contribution is 0.458. The summed E-state index contributed by atoms with van der Waals surface area (Å²) in [5.74, 6) is 0.928. The maximum absolute atomic E-state index is 9.45. The molecule has 8 heteroatoms. The standard InChI is InChI=1S/C19H27N7.HI/c1-4-25(5-2)19(22)23-12-6-7-17-16(13-20)18(21)26(24-17)15-10-8-14(3)9-11-15;/h8-11H,4-7,12,21H2,1-3H3,(H2,22,23);1H. The van der Waals surface area contributed by atoms with E-state index in [1.807, 2.05) is 49.9 Å². The maximum atomic E-state index is 9.45. The van der Waals surface area contributed by atoms with Gasteiger partial charge in [-0.05, 0) is 45.7 Å². The zero-order chi connectivity index (χ0) is 19.1. The number of nitrogens with two attached hydrogens (primary N) is 2. The van der Waals surface area contributed by atoms with Crippen molar-refractivity contribution in [2.24, 2.45) is 10.7 Å². The van der Waals surface area contributed by atoms with E-state index < -0.39 is 0 Å². The molecule has 0 aliphatic carbocycles. The van der Waals surface area contributed by atoms with Crippen molar-refractivity contribution < 1.29 is 0 Å². The van der Waals surface area contributed by atoms with E-state index in [0.29, 0.717) is 36.0 Å². The summed E-state index contributed by atoms with van der Waals surface area (Å²) in [5.41, 5.74) is 15.2. The van der Waals surface area contributed by atoms with Crippen LogP contribution in [0.25, 0.3) is 5.69 Å². The fraction of sp³-hybridized carbons (Fsp3) is 0.421. The number of hydrogen-bond donors (Lipinski definition) is 2. The second-order valence-electron chi connectivity index (χ2n) is 6.08. The van der Waals surface area contributed by atoms with Gasteiger partial charge in [0.05, 0.1) is 11.4 Å². The van der Waals surface area contributed by atoms with Crippen molar-refractivity contribution in [3.8, 4) is 11.8 Å². The first-order valence-corrected chi connectivity index (χ1v) is 8.91. The maximum Gasteiger partial charge on any atom is 0.191 e. The monoisotopic (exact) mass is 481 g/mol. The van der Waals surface area contributed by atoms with Crippen molar-refractivity contribution in [2.75, 3.05) is 25.4 Å². The number of nitriles is 1. The van der Waals surface area contributed by atoms with Crippen LogP contribution in [0, 0.1) is 18.3 Å². The minimum Gasteiger partial charge on any atom is -0.382 e. The van der Waals surface area contributed by atoms with Crippen LogP contribution in [0.2, 0.25) is 0 Å². The summed E-state index contributed by atoms with van der Waals surface area (Å²) >= 11 is 0. The molecule has 2 aromatic rings. The molecule has 1 aromatic heterocycles. The number of nitrogens with zero attached hydrogens (tertiary/aromatic N) is 5. The van der Waals surface area contributed by atoms with Gasteiger partial charge in [-0.3, -0.25) is 4.99 Å². The third kappa shape index (κ3) is 5.60. The molecule has 0 radical (unpaired) electrons. The quantitative estimate of drug-likeness (QED) is 0.274. The predicted octanol–water partition coefficient (Wildman–Crippen LogP) is 2.84. The van der Waals surface area contributed by atoms with Gasteiger partial charge in [0.15, 0.2) is 5.96 Å². The Bertz CT molecular complexity index is 799. The number of rotatable bonds is 7. The second kappa shape index (κ2) is 10.8. The van der Waals surface area contributed by atoms with Crippen LogP contribution >= 0.6 is 24.0 Å². The van der Waals surface area contributed by atoms with Gasteiger partial charge in [-0.1, -0.05) is 17.7 Å². The summed E-state index contributed by atoms with van der Waals surface area (Å²) in [4.78, 5) is 6.41. The lowest BCUT2D eigenvalue weighted by Crippen LogP contribution is -2.37. The van der Waals surface area contributed by atoms with Crippen molar-refractivity contribution in [2.45, 2.75) is 33.6 Å². The molecule has 0 aliphatic rings. The average Bonchev–Trinajstić information content (AvgIpc) is 2.96. The third-order valence-corrected chi connectivity index (χ3v) is 4.32. The minimum absolute atomic E-state index is 0. The lowest BCUT2D eigenvalue weighted by Gasteiger charge is -2.19. The molecule has 0 unspecified atom stereocenters. The van der Waals surface area contributed by atoms with Crippen LogP contribution in [-0.4, -0.2) is 40.3 Å². The zero-order valence-corrected chi connectivity index (χ0v) is 18.5. The minimum atomic E-state index is 0. The number of hydrogen-bond acceptors (Lipinski definition) is 4. The van der Waals surface area contributed by atoms with Crippen LogP contribution in [0.4, 0.5) is 5.82 Å². The van der Waals surface area contributed by atoms with Crippen LogP contribution in [0.5, 0.6) is 0 Å². The van der Waals surface area contributed by atoms with Crippen LogP contribution in [0.3, 0.4) is 0 Å². The number of guanidine groups is 1. The van der Waals surface area contributed by atoms with E-state index in [1.54, 1.807) is 4.68 Å². The Hall–Kier alpha value is -2.28. The van der Waals surface area contributed by atoms with Gasteiger partial charge < -0.3 is 16.4 Å². The molecule has 146 valence electrons. The highest BCUT2D eigenvalue weighted by Crippen LogP contribution is 2.21. The first-order chi connectivity index (χ1) is 12.5. The molecule has 2 rings (SSSR count). The highest BCUT2D eigenvalue weighted by atomic mass is 127. The molecule has 0 bridgehead atoms. The Kier molecular flexibility index (Phi) is 9.08. The number of aromatic nitrogens is 2. The molecule has 0 spiro atoms. The Morgan fingerprint density at radius 2 is 1.89 bits per heavy atom. The third-order valence-electron chi connectivity index (χ3n) is 4.32. The van der Waals surface area contributed by atoms with E-state index in [-0.39, 0.29) is 24.0 Å². The van der Waals surface area contributed by atoms with E-state index in [1.165, 1.54) is 0 Å². The van der Waals surface area contributed by atoms with E-state index >= 15 is 0 Å². The van der Waals surface area contributed by atoms with Gasteiger partial charge in [0.2, 0.25) is 0 Å². The van der Waals surface area contributed by atoms with Crippen LogP contribution in [-0.2, 0) is 6.42 Å². The first-order valence-electron chi connectivity index (χ1n) is 8.91. The smallest absolute Gasteiger partial charge is 0.191 e. The van der Waals surface area contributed by atoms with Crippen molar-refractivity contribution in [1.29, 1.82) is 5.26 Å². The van der Waals surface area contributed by atoms with Crippen molar-refractivity contribution >= 4 is 35.8 Å². The summed E-state index contributed by atoms with van der Waals surface area (Å²) in [6, 6.07) is 10.0. The predicted molar refractivity (Wildman–Crippen MR) is 121 cm³/mol. The van der Waals surface area contributed by atoms with Gasteiger partial charge in [-0.25, -0.2) is 4.68 Å². The van der Waals surface area contributed by atoms with Gasteiger partial charge in [0, 0.05) is 19.6 Å². The van der Waals surface area contributed by atoms with Gasteiger partial charge in [-0.15, -0.1) is 24.0 Å². The van der Waals surface area contributed by atoms with Crippen LogP contribution in [0.15, 0.2) is 29.3 Å². The molecule has 4 N–H and O–H groups in total. The van der Waals surface area contributed by atoms with Gasteiger partial charge in [0.25, 0.3) is 0 Å². The number of aryl methyl sites for hydroxylation is 2. The van der Waals surface area contributed by atoms with Gasteiger partial charge in [-0.2, -0.15) is 10.4 Å². The summed E-state index contributed by atoms with van der Waals surface area (Å²) in [5, 5.41) is 14.0. The van der Waals surface area contributed by atoms with E-state index in [9.17, 15) is 5.26 Å². The normalized spacial score (nSPS) is 11.0. The molecular formula is C19H28IN7. The molecular weight excluding hydrogens is 453 g/mol. The van der Waals surface area contributed by atoms with Crippen LogP contribution < -0.4 is 11.5 Å². The molecule has 0 atom stereocenters. The first kappa shape index (κ1) is 22.8. The number of nitrogen functional groups attached to an aromatic ring is 1. The molecule has 0 saturated heterocycles. The second-order valence-corrected chi connectivity index (χ2v) is 6.08. The Balaban J connectivity index is 0.00000364. The molecule has 1 aromatic carbocycles. The number of benzene rings is 1. The highest BCUT2D eigenvalue weighted by Gasteiger charge is 2.16. The highest BCUT2D eigenvalue weighted by molar-refractivity contribution is 14.0. The zero-order valence-electron chi connectivity index (χ0n) is 16.1. The van der Waals surface area contributed by atoms with E-state index in [2.05, 4.69) is 16.2 Å². The summed E-state index contributed by atoms with van der Waals surface area (Å²) in [7, 11) is 0. The fourth-order valence-electron chi connectivity index (χ4n) is 2.75. The SMILES string of the molecule is CCN(CC)C(N)=NCCCc1nn(-c2ccc(C)cc2)c(N)c1C#N.I. The van der Waals surface area contributed by atoms with Gasteiger partial charge in [0.1, 0.15) is 17.5 Å². The average molecular weight is 481 g/mol. The number of aliphatic imine (C=N–C) groups is 1.